The largest absolute Gasteiger partial charge is 0.505 e. The second-order valence-electron chi connectivity index (χ2n) is 3.29. The monoisotopic (exact) mass is 229 g/mol. The second kappa shape index (κ2) is 5.55. The zero-order valence-corrected chi connectivity index (χ0v) is 9.63. The Balaban J connectivity index is 3.16. The Bertz CT molecular complexity index is 369. The Hall–Kier alpha value is -1.49. The number of ether oxygens (including phenoxy) is 2. The van der Waals surface area contributed by atoms with E-state index in [2.05, 4.69) is 5.32 Å². The van der Waals surface area contributed by atoms with Crippen molar-refractivity contribution in [3.63, 3.8) is 0 Å². The van der Waals surface area contributed by atoms with Gasteiger partial charge in [-0.2, -0.15) is 4.39 Å². The topological polar surface area (TPSA) is 50.7 Å². The molecule has 2 N–H and O–H groups in total. The lowest BCUT2D eigenvalue weighted by Crippen LogP contribution is -2.11. The average molecular weight is 229 g/mol. The molecule has 0 aromatic heterocycles. The van der Waals surface area contributed by atoms with Crippen molar-refractivity contribution in [1.82, 2.24) is 5.32 Å². The molecular weight excluding hydrogens is 213 g/mol. The van der Waals surface area contributed by atoms with Gasteiger partial charge in [0.25, 0.3) is 0 Å². The molecule has 16 heavy (non-hydrogen) atoms. The molecule has 0 saturated carbocycles. The van der Waals surface area contributed by atoms with E-state index in [4.69, 9.17) is 9.47 Å². The lowest BCUT2D eigenvalue weighted by molar-refractivity contribution is 0.324. The van der Waals surface area contributed by atoms with Crippen LogP contribution in [0.5, 0.6) is 17.2 Å². The number of benzene rings is 1. The molecule has 0 aliphatic carbocycles. The normalized spacial score (nSPS) is 10.2. The molecule has 0 aliphatic rings. The SMILES string of the molecule is CNCCc1cc(OC)c(OC)c(F)c1O. The Labute approximate surface area is 94.0 Å². The van der Waals surface area contributed by atoms with Gasteiger partial charge in [-0.25, -0.2) is 0 Å². The van der Waals surface area contributed by atoms with Gasteiger partial charge in [-0.1, -0.05) is 0 Å². The number of hydrogen-bond acceptors (Lipinski definition) is 4. The van der Waals surface area contributed by atoms with Gasteiger partial charge in [0.1, 0.15) is 0 Å². The summed E-state index contributed by atoms with van der Waals surface area (Å²) in [5, 5.41) is 12.5. The Morgan fingerprint density at radius 3 is 2.56 bits per heavy atom. The summed E-state index contributed by atoms with van der Waals surface area (Å²) in [7, 11) is 4.54. The summed E-state index contributed by atoms with van der Waals surface area (Å²) in [5.74, 6) is -0.960. The van der Waals surface area contributed by atoms with Crippen LogP contribution in [0.25, 0.3) is 0 Å². The zero-order valence-electron chi connectivity index (χ0n) is 9.63. The van der Waals surface area contributed by atoms with E-state index in [1.165, 1.54) is 14.2 Å². The molecule has 1 aromatic rings. The van der Waals surface area contributed by atoms with Gasteiger partial charge in [0, 0.05) is 5.56 Å². The van der Waals surface area contributed by atoms with E-state index in [-0.39, 0.29) is 17.2 Å². The van der Waals surface area contributed by atoms with E-state index >= 15 is 0 Å². The zero-order chi connectivity index (χ0) is 12.1. The van der Waals surface area contributed by atoms with Gasteiger partial charge in [0.15, 0.2) is 11.5 Å². The average Bonchev–Trinajstić information content (AvgIpc) is 2.30. The number of methoxy groups -OCH3 is 2. The van der Waals surface area contributed by atoms with Crippen LogP contribution in [0, 0.1) is 5.82 Å². The number of phenols is 1. The van der Waals surface area contributed by atoms with Crippen molar-refractivity contribution in [2.45, 2.75) is 6.42 Å². The first-order valence-corrected chi connectivity index (χ1v) is 4.92. The van der Waals surface area contributed by atoms with Crippen molar-refractivity contribution in [3.05, 3.63) is 17.4 Å². The summed E-state index contributed by atoms with van der Waals surface area (Å²) in [6, 6.07) is 1.58. The lowest BCUT2D eigenvalue weighted by atomic mass is 10.1. The minimum Gasteiger partial charge on any atom is -0.505 e. The van der Waals surface area contributed by atoms with E-state index in [1.807, 2.05) is 0 Å². The van der Waals surface area contributed by atoms with Gasteiger partial charge in [-0.3, -0.25) is 0 Å². The molecule has 1 rings (SSSR count). The van der Waals surface area contributed by atoms with Crippen LogP contribution in [0.4, 0.5) is 4.39 Å². The third kappa shape index (κ3) is 2.36. The molecule has 1 aromatic carbocycles. The van der Waals surface area contributed by atoms with E-state index in [0.29, 0.717) is 18.5 Å². The van der Waals surface area contributed by atoms with Gasteiger partial charge < -0.3 is 19.9 Å². The number of nitrogens with one attached hydrogen (secondary N) is 1. The van der Waals surface area contributed by atoms with Gasteiger partial charge >= 0.3 is 0 Å². The highest BCUT2D eigenvalue weighted by molar-refractivity contribution is 5.51. The molecule has 0 saturated heterocycles. The lowest BCUT2D eigenvalue weighted by Gasteiger charge is -2.13. The first-order chi connectivity index (χ1) is 7.65. The van der Waals surface area contributed by atoms with Crippen molar-refractivity contribution in [2.24, 2.45) is 0 Å². The molecule has 0 radical (unpaired) electrons. The molecule has 0 amide bonds. The highest BCUT2D eigenvalue weighted by atomic mass is 19.1. The highest BCUT2D eigenvalue weighted by Gasteiger charge is 2.18. The molecule has 90 valence electrons. The summed E-state index contributed by atoms with van der Waals surface area (Å²) in [5.41, 5.74) is 0.490. The molecule has 0 bridgehead atoms. The van der Waals surface area contributed by atoms with Crippen LogP contribution >= 0.6 is 0 Å². The van der Waals surface area contributed by atoms with E-state index < -0.39 is 5.82 Å². The van der Waals surface area contributed by atoms with Gasteiger partial charge in [0.05, 0.1) is 14.2 Å². The van der Waals surface area contributed by atoms with Crippen LogP contribution in [0.2, 0.25) is 0 Å². The summed E-state index contributed by atoms with van der Waals surface area (Å²) >= 11 is 0. The number of hydrogen-bond donors (Lipinski definition) is 2. The molecular formula is C11H16FNO3. The Morgan fingerprint density at radius 2 is 2.06 bits per heavy atom. The van der Waals surface area contributed by atoms with Crippen molar-refractivity contribution >= 4 is 0 Å². The molecule has 0 fully saturated rings. The minimum absolute atomic E-state index is 0.0757. The van der Waals surface area contributed by atoms with Gasteiger partial charge in [-0.15, -0.1) is 0 Å². The maximum absolute atomic E-state index is 13.7. The molecule has 0 aliphatic heterocycles. The van der Waals surface area contributed by atoms with E-state index in [1.54, 1.807) is 13.1 Å². The highest BCUT2D eigenvalue weighted by Crippen LogP contribution is 2.38. The van der Waals surface area contributed by atoms with E-state index in [0.717, 1.165) is 0 Å². The van der Waals surface area contributed by atoms with Crippen LogP contribution in [-0.2, 0) is 6.42 Å². The number of halogens is 1. The van der Waals surface area contributed by atoms with E-state index in [9.17, 15) is 9.50 Å². The predicted octanol–water partition coefficient (Wildman–Crippen LogP) is 1.31. The quantitative estimate of drug-likeness (QED) is 0.799. The third-order valence-electron chi connectivity index (χ3n) is 2.31. The van der Waals surface area contributed by atoms with Crippen molar-refractivity contribution < 1.29 is 19.0 Å². The number of phenolic OH excluding ortho intramolecular Hbond substituents is 1. The molecule has 5 heteroatoms. The maximum Gasteiger partial charge on any atom is 0.210 e. The van der Waals surface area contributed by atoms with Crippen molar-refractivity contribution in [2.75, 3.05) is 27.8 Å². The molecule has 0 heterocycles. The van der Waals surface area contributed by atoms with Crippen LogP contribution in [0.15, 0.2) is 6.07 Å². The summed E-state index contributed by atoms with van der Waals surface area (Å²) < 4.78 is 23.5. The Morgan fingerprint density at radius 1 is 1.38 bits per heavy atom. The first-order valence-electron chi connectivity index (χ1n) is 4.92. The smallest absolute Gasteiger partial charge is 0.210 e. The molecule has 0 unspecified atom stereocenters. The summed E-state index contributed by atoms with van der Waals surface area (Å²) in [6.07, 6.45) is 0.513. The fraction of sp³-hybridized carbons (Fsp3) is 0.455. The van der Waals surface area contributed by atoms with Crippen LogP contribution in [0.3, 0.4) is 0 Å². The second-order valence-corrected chi connectivity index (χ2v) is 3.29. The number of likely N-dealkylation sites (N-methyl/N-ethyl adjacent to an activating group) is 1. The minimum atomic E-state index is -0.784. The van der Waals surface area contributed by atoms with Crippen LogP contribution in [-0.4, -0.2) is 32.9 Å². The van der Waals surface area contributed by atoms with Crippen molar-refractivity contribution in [3.8, 4) is 17.2 Å². The molecule has 4 nitrogen and oxygen atoms in total. The maximum atomic E-state index is 13.7. The molecule has 0 spiro atoms. The Kier molecular flexibility index (Phi) is 4.37. The number of aromatic hydroxyl groups is 1. The molecule has 0 atom stereocenters. The third-order valence-corrected chi connectivity index (χ3v) is 2.31. The fourth-order valence-corrected chi connectivity index (χ4v) is 1.44. The first kappa shape index (κ1) is 12.6. The van der Waals surface area contributed by atoms with Crippen LogP contribution < -0.4 is 14.8 Å². The summed E-state index contributed by atoms with van der Waals surface area (Å²) in [6.45, 7) is 0.641. The fourth-order valence-electron chi connectivity index (χ4n) is 1.44. The van der Waals surface area contributed by atoms with Crippen molar-refractivity contribution in [1.29, 1.82) is 0 Å². The standard InChI is InChI=1S/C11H16FNO3/c1-13-5-4-7-6-8(15-2)11(16-3)9(12)10(7)14/h6,13-14H,4-5H2,1-3H3. The summed E-state index contributed by atoms with van der Waals surface area (Å²) in [4.78, 5) is 0. The van der Waals surface area contributed by atoms with Gasteiger partial charge in [0.2, 0.25) is 11.6 Å². The predicted molar refractivity (Wildman–Crippen MR) is 58.8 cm³/mol. The number of rotatable bonds is 5. The van der Waals surface area contributed by atoms with Crippen LogP contribution in [0.1, 0.15) is 5.56 Å². The van der Waals surface area contributed by atoms with Gasteiger partial charge in [-0.05, 0) is 26.1 Å².